The van der Waals surface area contributed by atoms with Crippen LogP contribution in [0.2, 0.25) is 0 Å². The normalized spacial score (nSPS) is 10.6. The maximum absolute atomic E-state index is 12.3. The van der Waals surface area contributed by atoms with Crippen LogP contribution in [0.5, 0.6) is 5.75 Å². The Hall–Kier alpha value is -4.33. The Kier molecular flexibility index (Phi) is 6.29. The van der Waals surface area contributed by atoms with Crippen LogP contribution in [0, 0.1) is 17.0 Å². The zero-order valence-electron chi connectivity index (χ0n) is 15.9. The van der Waals surface area contributed by atoms with Gasteiger partial charge in [0.1, 0.15) is 0 Å². The van der Waals surface area contributed by atoms with Gasteiger partial charge in [0.15, 0.2) is 0 Å². The summed E-state index contributed by atoms with van der Waals surface area (Å²) in [4.78, 5) is 35.0. The molecule has 0 radical (unpaired) electrons. The fourth-order valence-electron chi connectivity index (χ4n) is 2.59. The first-order chi connectivity index (χ1) is 14.4. The molecule has 0 aliphatic heterocycles. The second-order valence-electron chi connectivity index (χ2n) is 6.31. The zero-order chi connectivity index (χ0) is 21.5. The molecule has 0 atom stereocenters. The van der Waals surface area contributed by atoms with Crippen molar-refractivity contribution in [1.29, 1.82) is 0 Å². The van der Waals surface area contributed by atoms with Crippen molar-refractivity contribution in [3.8, 4) is 5.75 Å². The first kappa shape index (κ1) is 20.4. The van der Waals surface area contributed by atoms with Crippen molar-refractivity contribution < 1.29 is 19.2 Å². The van der Waals surface area contributed by atoms with E-state index in [4.69, 9.17) is 4.74 Å². The van der Waals surface area contributed by atoms with E-state index in [0.29, 0.717) is 16.7 Å². The number of hydrazone groups is 1. The molecule has 0 unspecified atom stereocenters. The third-order valence-electron chi connectivity index (χ3n) is 4.05. The third-order valence-corrected chi connectivity index (χ3v) is 4.05. The van der Waals surface area contributed by atoms with Gasteiger partial charge in [0.2, 0.25) is 5.75 Å². The molecule has 0 spiro atoms. The largest absolute Gasteiger partial charge is 0.416 e. The van der Waals surface area contributed by atoms with Gasteiger partial charge in [-0.1, -0.05) is 35.9 Å². The summed E-state index contributed by atoms with van der Waals surface area (Å²) in [5.41, 5.74) is 3.89. The lowest BCUT2D eigenvalue weighted by Gasteiger charge is -2.06. The molecule has 3 rings (SSSR count). The van der Waals surface area contributed by atoms with Gasteiger partial charge in [-0.2, -0.15) is 5.10 Å². The van der Waals surface area contributed by atoms with Gasteiger partial charge in [0.25, 0.3) is 5.91 Å². The molecule has 0 saturated heterocycles. The second-order valence-corrected chi connectivity index (χ2v) is 6.31. The molecule has 1 N–H and O–H groups in total. The maximum atomic E-state index is 12.3. The van der Waals surface area contributed by atoms with Crippen LogP contribution in [-0.2, 0) is 0 Å². The van der Waals surface area contributed by atoms with Crippen LogP contribution in [0.1, 0.15) is 31.8 Å². The van der Waals surface area contributed by atoms with E-state index in [-0.39, 0.29) is 5.75 Å². The number of benzene rings is 3. The number of rotatable bonds is 6. The number of ether oxygens (including phenoxy) is 1. The minimum Gasteiger partial charge on any atom is -0.416 e. The molecular formula is C22H17N3O5. The van der Waals surface area contributed by atoms with Gasteiger partial charge in [0, 0.05) is 17.2 Å². The van der Waals surface area contributed by atoms with Gasteiger partial charge < -0.3 is 4.74 Å². The summed E-state index contributed by atoms with van der Waals surface area (Å²) >= 11 is 0. The van der Waals surface area contributed by atoms with Crippen molar-refractivity contribution in [2.24, 2.45) is 5.10 Å². The molecule has 0 bridgehead atoms. The van der Waals surface area contributed by atoms with Crippen LogP contribution in [-0.4, -0.2) is 23.0 Å². The van der Waals surface area contributed by atoms with Crippen LogP contribution in [0.25, 0.3) is 0 Å². The quantitative estimate of drug-likeness (QED) is 0.221. The second kappa shape index (κ2) is 9.24. The van der Waals surface area contributed by atoms with Gasteiger partial charge in [-0.05, 0) is 43.3 Å². The molecule has 0 aliphatic rings. The number of hydrogen-bond acceptors (Lipinski definition) is 6. The molecule has 0 aliphatic carbocycles. The van der Waals surface area contributed by atoms with Gasteiger partial charge in [-0.15, -0.1) is 0 Å². The zero-order valence-corrected chi connectivity index (χ0v) is 15.9. The van der Waals surface area contributed by atoms with Crippen molar-refractivity contribution >= 4 is 23.8 Å². The lowest BCUT2D eigenvalue weighted by molar-refractivity contribution is -0.385. The fourth-order valence-corrected chi connectivity index (χ4v) is 2.59. The number of carbonyl (C=O) groups excluding carboxylic acids is 2. The Morgan fingerprint density at radius 3 is 2.43 bits per heavy atom. The van der Waals surface area contributed by atoms with E-state index < -0.39 is 22.5 Å². The Morgan fingerprint density at radius 1 is 1.00 bits per heavy atom. The molecule has 8 nitrogen and oxygen atoms in total. The summed E-state index contributed by atoms with van der Waals surface area (Å²) < 4.78 is 5.21. The number of nitro groups is 1. The minimum absolute atomic E-state index is 0.183. The van der Waals surface area contributed by atoms with Gasteiger partial charge in [-0.3, -0.25) is 14.9 Å². The molecular weight excluding hydrogens is 386 g/mol. The number of hydrogen-bond donors (Lipinski definition) is 1. The molecule has 3 aromatic rings. The van der Waals surface area contributed by atoms with Crippen molar-refractivity contribution in [2.75, 3.05) is 0 Å². The summed E-state index contributed by atoms with van der Waals surface area (Å²) in [5.74, 6) is -1.29. The molecule has 150 valence electrons. The van der Waals surface area contributed by atoms with E-state index in [1.807, 2.05) is 13.0 Å². The average molecular weight is 403 g/mol. The molecule has 0 saturated carbocycles. The topological polar surface area (TPSA) is 111 Å². The predicted molar refractivity (Wildman–Crippen MR) is 111 cm³/mol. The van der Waals surface area contributed by atoms with Crippen molar-refractivity contribution in [1.82, 2.24) is 5.43 Å². The van der Waals surface area contributed by atoms with E-state index in [0.717, 1.165) is 5.56 Å². The fraction of sp³-hybridized carbons (Fsp3) is 0.0455. The Labute approximate surface area is 172 Å². The SMILES string of the molecule is Cc1cccc(C(=O)Oc2ccc(/C=N/NC(=O)c3ccccc3)cc2[N+](=O)[O-])c1. The number of aryl methyl sites for hydroxylation is 1. The van der Waals surface area contributed by atoms with E-state index in [9.17, 15) is 19.7 Å². The number of carbonyl (C=O) groups is 2. The first-order valence-corrected chi connectivity index (χ1v) is 8.90. The monoisotopic (exact) mass is 403 g/mol. The van der Waals surface area contributed by atoms with Crippen LogP contribution >= 0.6 is 0 Å². The summed E-state index contributed by atoms with van der Waals surface area (Å²) in [6.45, 7) is 1.82. The number of nitrogens with zero attached hydrogens (tertiary/aromatic N) is 2. The van der Waals surface area contributed by atoms with Crippen LogP contribution in [0.3, 0.4) is 0 Å². The van der Waals surface area contributed by atoms with E-state index >= 15 is 0 Å². The predicted octanol–water partition coefficient (Wildman–Crippen LogP) is 3.89. The standard InChI is InChI=1S/C22H17N3O5/c1-15-6-5-9-18(12-15)22(27)30-20-11-10-16(13-19(20)25(28)29)14-23-24-21(26)17-7-3-2-4-8-17/h2-14H,1H3,(H,24,26)/b23-14+. The molecule has 30 heavy (non-hydrogen) atoms. The van der Waals surface area contributed by atoms with Gasteiger partial charge in [-0.25, -0.2) is 10.2 Å². The highest BCUT2D eigenvalue weighted by Crippen LogP contribution is 2.28. The minimum atomic E-state index is -0.696. The Bertz CT molecular complexity index is 1130. The van der Waals surface area contributed by atoms with E-state index in [1.54, 1.807) is 48.5 Å². The third kappa shape index (κ3) is 5.14. The molecule has 0 heterocycles. The lowest BCUT2D eigenvalue weighted by Crippen LogP contribution is -2.17. The lowest BCUT2D eigenvalue weighted by atomic mass is 10.1. The summed E-state index contributed by atoms with van der Waals surface area (Å²) in [7, 11) is 0. The molecule has 1 amide bonds. The highest BCUT2D eigenvalue weighted by atomic mass is 16.6. The first-order valence-electron chi connectivity index (χ1n) is 8.90. The molecule has 8 heteroatoms. The van der Waals surface area contributed by atoms with Crippen LogP contribution < -0.4 is 10.2 Å². The number of nitrogens with one attached hydrogen (secondary N) is 1. The van der Waals surface area contributed by atoms with Crippen molar-refractivity contribution in [3.05, 3.63) is 105 Å². The van der Waals surface area contributed by atoms with Crippen LogP contribution in [0.4, 0.5) is 5.69 Å². The van der Waals surface area contributed by atoms with Gasteiger partial charge in [0.05, 0.1) is 16.7 Å². The number of nitro benzene ring substituents is 1. The Morgan fingerprint density at radius 2 is 1.73 bits per heavy atom. The smallest absolute Gasteiger partial charge is 0.343 e. The number of esters is 1. The van der Waals surface area contributed by atoms with E-state index in [1.165, 1.54) is 24.4 Å². The van der Waals surface area contributed by atoms with Crippen LogP contribution in [0.15, 0.2) is 77.9 Å². The highest BCUT2D eigenvalue weighted by molar-refractivity contribution is 5.95. The highest BCUT2D eigenvalue weighted by Gasteiger charge is 2.19. The summed E-state index contributed by atoms with van der Waals surface area (Å²) in [6.07, 6.45) is 1.26. The summed E-state index contributed by atoms with van der Waals surface area (Å²) in [5, 5.41) is 15.2. The van der Waals surface area contributed by atoms with E-state index in [2.05, 4.69) is 10.5 Å². The van der Waals surface area contributed by atoms with Gasteiger partial charge >= 0.3 is 11.7 Å². The van der Waals surface area contributed by atoms with Crippen molar-refractivity contribution in [2.45, 2.75) is 6.92 Å². The summed E-state index contributed by atoms with van der Waals surface area (Å²) in [6, 6.07) is 19.2. The number of amides is 1. The molecule has 3 aromatic carbocycles. The average Bonchev–Trinajstić information content (AvgIpc) is 2.75. The molecule has 0 fully saturated rings. The molecule has 0 aromatic heterocycles. The maximum Gasteiger partial charge on any atom is 0.343 e. The van der Waals surface area contributed by atoms with Crippen molar-refractivity contribution in [3.63, 3.8) is 0 Å². The Balaban J connectivity index is 1.74.